The zero-order valence-corrected chi connectivity index (χ0v) is 20.1. The molecule has 0 amide bonds. The third-order valence-electron chi connectivity index (χ3n) is 5.41. The largest absolute Gasteiger partial charge is 0.506 e. The highest BCUT2D eigenvalue weighted by Crippen LogP contribution is 2.39. The molecule has 7 heteroatoms. The summed E-state index contributed by atoms with van der Waals surface area (Å²) in [6.07, 6.45) is 0.745. The zero-order chi connectivity index (χ0) is 24.8. The lowest BCUT2D eigenvalue weighted by molar-refractivity contribution is 0.0599. The lowest BCUT2D eigenvalue weighted by Crippen LogP contribution is -2.07. The molecule has 6 nitrogen and oxygen atoms in total. The number of rotatable bonds is 8. The summed E-state index contributed by atoms with van der Waals surface area (Å²) in [4.78, 5) is 25.2. The van der Waals surface area contributed by atoms with Gasteiger partial charge >= 0.3 is 11.6 Å². The van der Waals surface area contributed by atoms with Gasteiger partial charge in [-0.3, -0.25) is 0 Å². The maximum absolute atomic E-state index is 12.8. The van der Waals surface area contributed by atoms with Gasteiger partial charge in [0.1, 0.15) is 27.9 Å². The van der Waals surface area contributed by atoms with Gasteiger partial charge in [0, 0.05) is 17.4 Å². The maximum Gasteiger partial charge on any atom is 0.353 e. The third kappa shape index (κ3) is 5.58. The van der Waals surface area contributed by atoms with Gasteiger partial charge in [0.25, 0.3) is 0 Å². The number of ether oxygens (including phenoxy) is 2. The Morgan fingerprint density at radius 2 is 1.69 bits per heavy atom. The van der Waals surface area contributed by atoms with Crippen molar-refractivity contribution < 1.29 is 23.8 Å². The van der Waals surface area contributed by atoms with Crippen LogP contribution in [0.25, 0.3) is 11.3 Å². The van der Waals surface area contributed by atoms with Gasteiger partial charge in [-0.15, -0.1) is 11.8 Å². The molecule has 0 radical (unpaired) electrons. The van der Waals surface area contributed by atoms with Gasteiger partial charge in [0.15, 0.2) is 0 Å². The average Bonchev–Trinajstić information content (AvgIpc) is 2.87. The fraction of sp³-hybridized carbons (Fsp3) is 0.143. The number of thioether (sulfide) groups is 1. The molecular weight excluding hydrogens is 464 g/mol. The number of carbonyl (C=O) groups is 1. The average molecular weight is 489 g/mol. The van der Waals surface area contributed by atoms with Crippen molar-refractivity contribution in [1.29, 1.82) is 0 Å². The van der Waals surface area contributed by atoms with Crippen molar-refractivity contribution in [1.82, 2.24) is 0 Å². The van der Waals surface area contributed by atoms with E-state index in [0.717, 1.165) is 12.0 Å². The lowest BCUT2D eigenvalue weighted by atomic mass is 10.0. The standard InChI is InChI=1S/C28H24O6S/c1-18-21(27(30)32-2)13-14-22(25(18)33-20-11-7-4-8-12-20)24-17-23(29)26(28(31)34-24)35-16-15-19-9-5-3-6-10-19/h3-14,17,29H,15-16H2,1-2H3. The Labute approximate surface area is 207 Å². The number of esters is 1. The van der Waals surface area contributed by atoms with Crippen LogP contribution in [0.4, 0.5) is 0 Å². The smallest absolute Gasteiger partial charge is 0.353 e. The molecule has 0 saturated heterocycles. The minimum absolute atomic E-state index is 0.130. The zero-order valence-electron chi connectivity index (χ0n) is 19.3. The minimum atomic E-state index is -0.640. The number of para-hydroxylation sites is 1. The Kier molecular flexibility index (Phi) is 7.57. The van der Waals surface area contributed by atoms with Gasteiger partial charge in [-0.1, -0.05) is 48.5 Å². The number of aryl methyl sites for hydroxylation is 1. The summed E-state index contributed by atoms with van der Waals surface area (Å²) in [6.45, 7) is 1.72. The van der Waals surface area contributed by atoms with Crippen molar-refractivity contribution in [3.8, 4) is 28.6 Å². The molecule has 1 N–H and O–H groups in total. The lowest BCUT2D eigenvalue weighted by Gasteiger charge is -2.16. The SMILES string of the molecule is COC(=O)c1ccc(-c2cc(O)c(SCCc3ccccc3)c(=O)o2)c(Oc2ccccc2)c1C. The van der Waals surface area contributed by atoms with E-state index in [1.54, 1.807) is 31.2 Å². The Hall–Kier alpha value is -3.97. The van der Waals surface area contributed by atoms with E-state index < -0.39 is 11.6 Å². The van der Waals surface area contributed by atoms with Crippen LogP contribution in [-0.2, 0) is 11.2 Å². The van der Waals surface area contributed by atoms with Gasteiger partial charge in [-0.2, -0.15) is 0 Å². The summed E-state index contributed by atoms with van der Waals surface area (Å²) >= 11 is 1.24. The number of aromatic hydroxyl groups is 1. The molecule has 0 aliphatic rings. The van der Waals surface area contributed by atoms with Crippen LogP contribution in [0.15, 0.2) is 93.0 Å². The molecule has 0 bridgehead atoms. The van der Waals surface area contributed by atoms with E-state index in [9.17, 15) is 14.7 Å². The summed E-state index contributed by atoms with van der Waals surface area (Å²) in [5.74, 6) is 0.919. The van der Waals surface area contributed by atoms with Gasteiger partial charge in [0.2, 0.25) is 0 Å². The molecule has 0 saturated carbocycles. The van der Waals surface area contributed by atoms with E-state index in [-0.39, 0.29) is 16.4 Å². The number of carbonyl (C=O) groups excluding carboxylic acids is 1. The highest BCUT2D eigenvalue weighted by Gasteiger charge is 2.22. The Morgan fingerprint density at radius 1 is 1.00 bits per heavy atom. The number of benzene rings is 3. The van der Waals surface area contributed by atoms with E-state index in [4.69, 9.17) is 13.9 Å². The van der Waals surface area contributed by atoms with Crippen molar-refractivity contribution in [2.45, 2.75) is 18.2 Å². The van der Waals surface area contributed by atoms with Crippen LogP contribution in [0.1, 0.15) is 21.5 Å². The molecule has 0 unspecified atom stereocenters. The van der Waals surface area contributed by atoms with Crippen molar-refractivity contribution in [2.75, 3.05) is 12.9 Å². The molecule has 35 heavy (non-hydrogen) atoms. The normalized spacial score (nSPS) is 10.7. The highest BCUT2D eigenvalue weighted by atomic mass is 32.2. The van der Waals surface area contributed by atoms with E-state index >= 15 is 0 Å². The van der Waals surface area contributed by atoms with Gasteiger partial charge in [-0.05, 0) is 43.2 Å². The van der Waals surface area contributed by atoms with E-state index in [1.807, 2.05) is 48.5 Å². The van der Waals surface area contributed by atoms with Crippen molar-refractivity contribution in [3.63, 3.8) is 0 Å². The predicted octanol–water partition coefficient (Wildman–Crippen LogP) is 6.23. The van der Waals surface area contributed by atoms with Crippen LogP contribution in [0.3, 0.4) is 0 Å². The van der Waals surface area contributed by atoms with Gasteiger partial charge in [-0.25, -0.2) is 9.59 Å². The molecule has 4 aromatic rings. The van der Waals surface area contributed by atoms with Gasteiger partial charge < -0.3 is 19.0 Å². The van der Waals surface area contributed by atoms with E-state index in [0.29, 0.717) is 33.9 Å². The quantitative estimate of drug-likeness (QED) is 0.232. The minimum Gasteiger partial charge on any atom is -0.506 e. The predicted molar refractivity (Wildman–Crippen MR) is 136 cm³/mol. The molecule has 4 rings (SSSR count). The maximum atomic E-state index is 12.8. The van der Waals surface area contributed by atoms with Crippen molar-refractivity contribution in [3.05, 3.63) is 106 Å². The fourth-order valence-electron chi connectivity index (χ4n) is 3.61. The second-order valence-electron chi connectivity index (χ2n) is 7.72. The summed E-state index contributed by atoms with van der Waals surface area (Å²) in [5.41, 5.74) is 1.76. The summed E-state index contributed by atoms with van der Waals surface area (Å²) in [6, 6.07) is 23.5. The summed E-state index contributed by atoms with van der Waals surface area (Å²) < 4.78 is 16.6. The Bertz CT molecular complexity index is 1380. The molecule has 178 valence electrons. The van der Waals surface area contributed by atoms with Crippen LogP contribution in [0.2, 0.25) is 0 Å². The fourth-order valence-corrected chi connectivity index (χ4v) is 4.51. The first-order chi connectivity index (χ1) is 17.0. The third-order valence-corrected chi connectivity index (χ3v) is 6.48. The van der Waals surface area contributed by atoms with E-state index in [2.05, 4.69) is 0 Å². The molecule has 0 spiro atoms. The molecule has 1 aromatic heterocycles. The number of hydrogen-bond acceptors (Lipinski definition) is 7. The molecule has 0 fully saturated rings. The summed E-state index contributed by atoms with van der Waals surface area (Å²) in [7, 11) is 1.30. The molecule has 0 aliphatic heterocycles. The first-order valence-corrected chi connectivity index (χ1v) is 12.0. The first kappa shape index (κ1) is 24.2. The molecule has 0 atom stereocenters. The second kappa shape index (κ2) is 11.0. The number of hydrogen-bond donors (Lipinski definition) is 1. The van der Waals surface area contributed by atoms with Crippen LogP contribution in [0.5, 0.6) is 17.2 Å². The number of methoxy groups -OCH3 is 1. The molecular formula is C28H24O6S. The van der Waals surface area contributed by atoms with Crippen LogP contribution >= 0.6 is 11.8 Å². The monoisotopic (exact) mass is 488 g/mol. The van der Waals surface area contributed by atoms with Crippen molar-refractivity contribution >= 4 is 17.7 Å². The van der Waals surface area contributed by atoms with Crippen LogP contribution in [0, 0.1) is 6.92 Å². The summed E-state index contributed by atoms with van der Waals surface area (Å²) in [5, 5.41) is 10.7. The second-order valence-corrected chi connectivity index (χ2v) is 8.82. The van der Waals surface area contributed by atoms with Crippen LogP contribution < -0.4 is 10.4 Å². The van der Waals surface area contributed by atoms with E-state index in [1.165, 1.54) is 24.9 Å². The Morgan fingerprint density at radius 3 is 2.34 bits per heavy atom. The van der Waals surface area contributed by atoms with Crippen LogP contribution in [-0.4, -0.2) is 23.9 Å². The Balaban J connectivity index is 1.68. The van der Waals surface area contributed by atoms with Gasteiger partial charge in [0.05, 0.1) is 18.2 Å². The molecule has 0 aliphatic carbocycles. The molecule has 1 heterocycles. The highest BCUT2D eigenvalue weighted by molar-refractivity contribution is 7.99. The topological polar surface area (TPSA) is 86.0 Å². The molecule has 3 aromatic carbocycles. The first-order valence-electron chi connectivity index (χ1n) is 11.0. The van der Waals surface area contributed by atoms with Crippen molar-refractivity contribution in [2.24, 2.45) is 0 Å².